The summed E-state index contributed by atoms with van der Waals surface area (Å²) < 4.78 is 43.5. The number of halogens is 3. The van der Waals surface area contributed by atoms with E-state index in [9.17, 15) is 13.2 Å². The topological polar surface area (TPSA) is 42.4 Å². The van der Waals surface area contributed by atoms with Crippen LogP contribution >= 0.6 is 0 Å². The lowest BCUT2D eigenvalue weighted by Crippen LogP contribution is -2.10. The minimum absolute atomic E-state index is 0.0471. The Morgan fingerprint density at radius 1 is 1.21 bits per heavy atom. The van der Waals surface area contributed by atoms with E-state index in [0.717, 1.165) is 0 Å². The zero-order chi connectivity index (χ0) is 13.9. The van der Waals surface area contributed by atoms with Crippen molar-refractivity contribution in [3.63, 3.8) is 0 Å². The largest absolute Gasteiger partial charge is 0.508 e. The number of hydrogen-bond acceptors (Lipinski definition) is 3. The molecule has 0 radical (unpaired) electrons. The Hall–Kier alpha value is -2.24. The van der Waals surface area contributed by atoms with E-state index in [0.29, 0.717) is 11.8 Å². The number of ether oxygens (including phenoxy) is 1. The Kier molecular flexibility index (Phi) is 3.59. The molecule has 19 heavy (non-hydrogen) atoms. The van der Waals surface area contributed by atoms with Crippen LogP contribution in [-0.2, 0) is 12.8 Å². The van der Waals surface area contributed by atoms with Crippen LogP contribution in [0.4, 0.5) is 13.2 Å². The number of pyridine rings is 1. The summed E-state index contributed by atoms with van der Waals surface area (Å²) >= 11 is 0. The average molecular weight is 269 g/mol. The third-order valence-corrected chi connectivity index (χ3v) is 2.43. The first-order chi connectivity index (χ1) is 8.97. The van der Waals surface area contributed by atoms with Gasteiger partial charge in [-0.2, -0.15) is 13.2 Å². The first-order valence-corrected chi connectivity index (χ1v) is 5.39. The van der Waals surface area contributed by atoms with Crippen molar-refractivity contribution < 1.29 is 23.0 Å². The maximum atomic E-state index is 12.8. The second kappa shape index (κ2) is 5.17. The summed E-state index contributed by atoms with van der Waals surface area (Å²) in [6, 6.07) is 6.28. The van der Waals surface area contributed by atoms with Crippen molar-refractivity contribution in [3.8, 4) is 11.5 Å². The quantitative estimate of drug-likeness (QED) is 0.928. The van der Waals surface area contributed by atoms with E-state index in [1.165, 1.54) is 24.5 Å². The molecule has 2 aromatic rings. The van der Waals surface area contributed by atoms with Crippen molar-refractivity contribution in [2.45, 2.75) is 12.8 Å². The molecular formula is C13H10F3NO2. The fraction of sp³-hybridized carbons (Fsp3) is 0.154. The van der Waals surface area contributed by atoms with E-state index in [1.807, 2.05) is 0 Å². The molecule has 1 heterocycles. The molecule has 3 nitrogen and oxygen atoms in total. The smallest absolute Gasteiger partial charge is 0.416 e. The Morgan fingerprint density at radius 2 is 2.00 bits per heavy atom. The second-order valence-corrected chi connectivity index (χ2v) is 3.82. The van der Waals surface area contributed by atoms with E-state index in [1.54, 1.807) is 12.1 Å². The van der Waals surface area contributed by atoms with Crippen LogP contribution in [0.25, 0.3) is 0 Å². The Labute approximate surface area is 107 Å². The molecular weight excluding hydrogens is 259 g/mol. The fourth-order valence-electron chi connectivity index (χ4n) is 1.55. The summed E-state index contributed by atoms with van der Waals surface area (Å²) in [4.78, 5) is 3.80. The Balaban J connectivity index is 2.21. The van der Waals surface area contributed by atoms with Crippen LogP contribution in [0, 0.1) is 0 Å². The minimum atomic E-state index is -4.54. The van der Waals surface area contributed by atoms with Crippen molar-refractivity contribution in [1.82, 2.24) is 4.98 Å². The number of aromatic hydroxyl groups is 1. The normalized spacial score (nSPS) is 11.3. The lowest BCUT2D eigenvalue weighted by molar-refractivity contribution is -0.138. The highest BCUT2D eigenvalue weighted by Crippen LogP contribution is 2.34. The zero-order valence-electron chi connectivity index (χ0n) is 9.69. The lowest BCUT2D eigenvalue weighted by atomic mass is 10.1. The van der Waals surface area contributed by atoms with Gasteiger partial charge in [0, 0.05) is 11.8 Å². The van der Waals surface area contributed by atoms with Crippen LogP contribution in [0.15, 0.2) is 42.7 Å². The first-order valence-electron chi connectivity index (χ1n) is 5.39. The summed E-state index contributed by atoms with van der Waals surface area (Å²) in [5.41, 5.74) is -0.953. The van der Waals surface area contributed by atoms with Gasteiger partial charge in [0.05, 0.1) is 11.8 Å². The number of benzene rings is 1. The molecule has 0 aliphatic heterocycles. The van der Waals surface area contributed by atoms with E-state index in [2.05, 4.69) is 4.98 Å². The third kappa shape index (κ3) is 3.37. The number of phenolic OH excluding ortho intramolecular Hbond substituents is 1. The monoisotopic (exact) mass is 269 g/mol. The maximum absolute atomic E-state index is 12.8. The molecule has 0 fully saturated rings. The fourth-order valence-corrected chi connectivity index (χ4v) is 1.55. The maximum Gasteiger partial charge on any atom is 0.416 e. The molecule has 0 bridgehead atoms. The average Bonchev–Trinajstić information content (AvgIpc) is 2.37. The molecule has 0 saturated heterocycles. The molecule has 0 aliphatic rings. The van der Waals surface area contributed by atoms with Crippen LogP contribution in [0.5, 0.6) is 11.5 Å². The van der Waals surface area contributed by atoms with E-state index in [4.69, 9.17) is 9.84 Å². The van der Waals surface area contributed by atoms with Gasteiger partial charge in [0.2, 0.25) is 0 Å². The third-order valence-electron chi connectivity index (χ3n) is 2.43. The van der Waals surface area contributed by atoms with Gasteiger partial charge < -0.3 is 9.84 Å². The molecule has 1 aromatic heterocycles. The van der Waals surface area contributed by atoms with Crippen molar-refractivity contribution in [1.29, 1.82) is 0 Å². The van der Waals surface area contributed by atoms with Crippen molar-refractivity contribution in [3.05, 3.63) is 53.9 Å². The van der Waals surface area contributed by atoms with Gasteiger partial charge in [-0.05, 0) is 24.3 Å². The Bertz CT molecular complexity index is 556. The molecule has 0 saturated carbocycles. The molecule has 1 N–H and O–H groups in total. The molecule has 100 valence electrons. The number of phenols is 1. The zero-order valence-corrected chi connectivity index (χ0v) is 9.69. The second-order valence-electron chi connectivity index (χ2n) is 3.82. The predicted octanol–water partition coefficient (Wildman–Crippen LogP) is 3.39. The number of aromatic nitrogens is 1. The van der Waals surface area contributed by atoms with Crippen LogP contribution in [0.2, 0.25) is 0 Å². The van der Waals surface area contributed by atoms with Gasteiger partial charge in [0.25, 0.3) is 0 Å². The standard InChI is InChI=1S/C13H10F3NO2/c14-13(15,16)12-6-10(18)4-3-9(12)8-19-11-2-1-5-17-7-11/h1-7,18H,8H2. The first kappa shape index (κ1) is 13.2. The summed E-state index contributed by atoms with van der Waals surface area (Å²) in [6.07, 6.45) is -1.59. The number of rotatable bonds is 3. The van der Waals surface area contributed by atoms with Gasteiger partial charge in [0.15, 0.2) is 0 Å². The molecule has 0 unspecified atom stereocenters. The highest BCUT2D eigenvalue weighted by Gasteiger charge is 2.33. The summed E-state index contributed by atoms with van der Waals surface area (Å²) in [5, 5.41) is 9.14. The van der Waals surface area contributed by atoms with Crippen LogP contribution < -0.4 is 4.74 Å². The minimum Gasteiger partial charge on any atom is -0.508 e. The van der Waals surface area contributed by atoms with E-state index in [-0.39, 0.29) is 12.2 Å². The van der Waals surface area contributed by atoms with E-state index < -0.39 is 17.5 Å². The molecule has 0 amide bonds. The SMILES string of the molecule is Oc1ccc(COc2cccnc2)c(C(F)(F)F)c1. The van der Waals surface area contributed by atoms with Gasteiger partial charge in [-0.3, -0.25) is 4.98 Å². The van der Waals surface area contributed by atoms with Gasteiger partial charge >= 0.3 is 6.18 Å². The molecule has 6 heteroatoms. The molecule has 0 spiro atoms. The van der Waals surface area contributed by atoms with Crippen molar-refractivity contribution in [2.24, 2.45) is 0 Å². The highest BCUT2D eigenvalue weighted by molar-refractivity contribution is 5.36. The molecule has 0 atom stereocenters. The van der Waals surface area contributed by atoms with Crippen molar-refractivity contribution in [2.75, 3.05) is 0 Å². The van der Waals surface area contributed by atoms with Gasteiger partial charge in [-0.1, -0.05) is 6.07 Å². The highest BCUT2D eigenvalue weighted by atomic mass is 19.4. The van der Waals surface area contributed by atoms with Crippen molar-refractivity contribution >= 4 is 0 Å². The van der Waals surface area contributed by atoms with Gasteiger partial charge in [-0.15, -0.1) is 0 Å². The van der Waals surface area contributed by atoms with Gasteiger partial charge in [0.1, 0.15) is 18.1 Å². The summed E-state index contributed by atoms with van der Waals surface area (Å²) in [5.74, 6) is -0.0545. The van der Waals surface area contributed by atoms with Crippen LogP contribution in [0.3, 0.4) is 0 Å². The predicted molar refractivity (Wildman–Crippen MR) is 61.7 cm³/mol. The molecule has 1 aromatic carbocycles. The number of alkyl halides is 3. The summed E-state index contributed by atoms with van der Waals surface area (Å²) in [6.45, 7) is -0.249. The summed E-state index contributed by atoms with van der Waals surface area (Å²) in [7, 11) is 0. The lowest BCUT2D eigenvalue weighted by Gasteiger charge is -2.13. The van der Waals surface area contributed by atoms with Crippen LogP contribution in [-0.4, -0.2) is 10.1 Å². The van der Waals surface area contributed by atoms with Crippen LogP contribution in [0.1, 0.15) is 11.1 Å². The molecule has 2 rings (SSSR count). The number of hydrogen-bond donors (Lipinski definition) is 1. The van der Waals surface area contributed by atoms with E-state index >= 15 is 0 Å². The molecule has 0 aliphatic carbocycles. The van der Waals surface area contributed by atoms with Gasteiger partial charge in [-0.25, -0.2) is 0 Å². The Morgan fingerprint density at radius 3 is 2.63 bits per heavy atom. The number of nitrogens with zero attached hydrogens (tertiary/aromatic N) is 1.